The minimum Gasteiger partial charge on any atom is -0.507 e. The highest BCUT2D eigenvalue weighted by atomic mass is 16.6. The van der Waals surface area contributed by atoms with Gasteiger partial charge in [-0.3, -0.25) is 25.0 Å². The Morgan fingerprint density at radius 3 is 1.67 bits per heavy atom. The standard InChI is InChI=1S/C16H17NO6.C12H15NO4.C5H8O4/c1-16(2,3)23-15(20)17-10-6-5-9-7-11(13(18)21-4)14(19)22-12(9)8-10;1-12(2,3)17-11(16)13-9-5-4-8(7-14)10(15)6-9;1-8-4(6)3-5(7)9-2/h5-8H,1-4H3,(H,17,20);4-7,15H,1-3H3,(H,13,16);3H2,1-2H3. The predicted molar refractivity (Wildman–Crippen MR) is 176 cm³/mol. The SMILES string of the molecule is CC(C)(C)OC(=O)Nc1ccc(C=O)c(O)c1.COC(=O)CC(=O)OC.COC(=O)c1cc2ccc(NC(=O)OC(C)(C)C)cc2oc1=O. The van der Waals surface area contributed by atoms with Gasteiger partial charge in [-0.2, -0.15) is 0 Å². The largest absolute Gasteiger partial charge is 0.507 e. The Morgan fingerprint density at radius 2 is 1.24 bits per heavy atom. The quantitative estimate of drug-likeness (QED) is 0.0995. The zero-order valence-corrected chi connectivity index (χ0v) is 28.6. The number of fused-ring (bicyclic) bond motifs is 1. The van der Waals surface area contributed by atoms with Crippen molar-refractivity contribution in [3.63, 3.8) is 0 Å². The number of benzene rings is 2. The van der Waals surface area contributed by atoms with Gasteiger partial charge in [-0.05, 0) is 71.9 Å². The highest BCUT2D eigenvalue weighted by molar-refractivity contribution is 5.94. The number of hydrogen-bond donors (Lipinski definition) is 3. The van der Waals surface area contributed by atoms with Gasteiger partial charge in [0.05, 0.1) is 26.9 Å². The molecule has 2 amide bonds. The summed E-state index contributed by atoms with van der Waals surface area (Å²) < 4.78 is 28.1. The fourth-order valence-corrected chi connectivity index (χ4v) is 3.27. The molecule has 0 fully saturated rings. The number of amides is 2. The number of carbonyl (C=O) groups excluding carboxylic acids is 6. The summed E-state index contributed by atoms with van der Waals surface area (Å²) in [6.45, 7) is 10.5. The van der Waals surface area contributed by atoms with Gasteiger partial charge in [0, 0.05) is 28.9 Å². The van der Waals surface area contributed by atoms with E-state index in [9.17, 15) is 38.7 Å². The molecule has 0 atom stereocenters. The van der Waals surface area contributed by atoms with E-state index in [2.05, 4.69) is 24.8 Å². The average Bonchev–Trinajstić information content (AvgIpc) is 2.99. The van der Waals surface area contributed by atoms with Crippen molar-refractivity contribution in [2.75, 3.05) is 32.0 Å². The Labute approximate surface area is 281 Å². The summed E-state index contributed by atoms with van der Waals surface area (Å²) in [6, 6.07) is 10.3. The number of nitrogens with one attached hydrogen (secondary N) is 2. The smallest absolute Gasteiger partial charge is 0.412 e. The van der Waals surface area contributed by atoms with Gasteiger partial charge in [-0.1, -0.05) is 0 Å². The zero-order chi connectivity index (χ0) is 37.5. The van der Waals surface area contributed by atoms with Gasteiger partial charge in [0.15, 0.2) is 6.29 Å². The molecular weight excluding hydrogens is 648 g/mol. The van der Waals surface area contributed by atoms with Crippen LogP contribution in [0.4, 0.5) is 21.0 Å². The molecule has 3 rings (SSSR count). The van der Waals surface area contributed by atoms with Crippen LogP contribution < -0.4 is 16.3 Å². The van der Waals surface area contributed by atoms with Crippen LogP contribution in [0.25, 0.3) is 11.0 Å². The lowest BCUT2D eigenvalue weighted by Crippen LogP contribution is -2.27. The third-order valence-corrected chi connectivity index (χ3v) is 5.33. The molecule has 0 radical (unpaired) electrons. The van der Waals surface area contributed by atoms with Crippen LogP contribution in [0.2, 0.25) is 0 Å². The van der Waals surface area contributed by atoms with Crippen LogP contribution in [0.15, 0.2) is 51.7 Å². The van der Waals surface area contributed by atoms with Crippen molar-refractivity contribution in [1.29, 1.82) is 0 Å². The van der Waals surface area contributed by atoms with Crippen LogP contribution in [0.5, 0.6) is 5.75 Å². The summed E-state index contributed by atoms with van der Waals surface area (Å²) in [7, 11) is 3.61. The van der Waals surface area contributed by atoms with Crippen molar-refractivity contribution in [1.82, 2.24) is 0 Å². The third kappa shape index (κ3) is 15.5. The average molecular weight is 689 g/mol. The van der Waals surface area contributed by atoms with Crippen LogP contribution in [-0.2, 0) is 33.3 Å². The van der Waals surface area contributed by atoms with Crippen LogP contribution in [0, 0.1) is 0 Å². The molecule has 0 spiro atoms. The summed E-state index contributed by atoms with van der Waals surface area (Å²) in [6.07, 6.45) is -1.01. The van der Waals surface area contributed by atoms with Crippen molar-refractivity contribution < 1.29 is 62.0 Å². The number of aldehydes is 1. The van der Waals surface area contributed by atoms with Gasteiger partial charge in [-0.15, -0.1) is 0 Å². The molecular formula is C33H40N2O14. The molecule has 1 heterocycles. The first kappa shape index (κ1) is 41.1. The lowest BCUT2D eigenvalue weighted by molar-refractivity contribution is -0.151. The summed E-state index contributed by atoms with van der Waals surface area (Å²) in [4.78, 5) is 77.4. The van der Waals surface area contributed by atoms with Gasteiger partial charge in [-0.25, -0.2) is 19.2 Å². The molecule has 0 unspecified atom stereocenters. The number of anilines is 2. The van der Waals surface area contributed by atoms with Gasteiger partial charge in [0.25, 0.3) is 0 Å². The summed E-state index contributed by atoms with van der Waals surface area (Å²) in [5.74, 6) is -2.12. The highest BCUT2D eigenvalue weighted by Gasteiger charge is 2.18. The number of phenolic OH excluding ortho intramolecular Hbond substituents is 1. The molecule has 266 valence electrons. The minimum absolute atomic E-state index is 0.166. The van der Waals surface area contributed by atoms with Gasteiger partial charge in [0.2, 0.25) is 0 Å². The number of esters is 3. The van der Waals surface area contributed by atoms with E-state index >= 15 is 0 Å². The Morgan fingerprint density at radius 1 is 0.755 bits per heavy atom. The van der Waals surface area contributed by atoms with Crippen molar-refractivity contribution in [3.05, 3.63) is 64.0 Å². The number of ether oxygens (including phenoxy) is 5. The number of methoxy groups -OCH3 is 3. The van der Waals surface area contributed by atoms with Gasteiger partial charge < -0.3 is 33.2 Å². The molecule has 0 saturated heterocycles. The molecule has 0 saturated carbocycles. The number of carbonyl (C=O) groups is 6. The normalized spacial score (nSPS) is 10.5. The fourth-order valence-electron chi connectivity index (χ4n) is 3.27. The number of phenols is 1. The Kier molecular flexibility index (Phi) is 15.4. The lowest BCUT2D eigenvalue weighted by atomic mass is 10.1. The molecule has 16 heteroatoms. The third-order valence-electron chi connectivity index (χ3n) is 5.33. The molecule has 2 aromatic carbocycles. The second-order valence-electron chi connectivity index (χ2n) is 11.7. The van der Waals surface area contributed by atoms with E-state index in [4.69, 9.17) is 13.9 Å². The van der Waals surface area contributed by atoms with E-state index in [1.807, 2.05) is 0 Å². The Hall–Kier alpha value is -5.93. The molecule has 0 aliphatic carbocycles. The summed E-state index contributed by atoms with van der Waals surface area (Å²) >= 11 is 0. The van der Waals surface area contributed by atoms with Crippen LogP contribution in [0.1, 0.15) is 68.7 Å². The van der Waals surface area contributed by atoms with Crippen LogP contribution in [0.3, 0.4) is 0 Å². The summed E-state index contributed by atoms with van der Waals surface area (Å²) in [5.41, 5.74) is -1.04. The van der Waals surface area contributed by atoms with Crippen molar-refractivity contribution in [2.24, 2.45) is 0 Å². The number of aromatic hydroxyl groups is 1. The molecule has 3 aromatic rings. The zero-order valence-electron chi connectivity index (χ0n) is 28.6. The lowest BCUT2D eigenvalue weighted by Gasteiger charge is -2.19. The molecule has 1 aromatic heterocycles. The fraction of sp³-hybridized carbons (Fsp3) is 0.364. The van der Waals surface area contributed by atoms with E-state index in [-0.39, 0.29) is 28.9 Å². The number of rotatable bonds is 6. The molecule has 3 N–H and O–H groups in total. The Bertz CT molecular complexity index is 1700. The minimum atomic E-state index is -0.807. The second kappa shape index (κ2) is 18.4. The predicted octanol–water partition coefficient (Wildman–Crippen LogP) is 5.20. The van der Waals surface area contributed by atoms with Crippen molar-refractivity contribution in [2.45, 2.75) is 59.2 Å². The molecule has 49 heavy (non-hydrogen) atoms. The second-order valence-corrected chi connectivity index (χ2v) is 11.7. The van der Waals surface area contributed by atoms with Crippen LogP contribution in [-0.4, -0.2) is 74.0 Å². The monoisotopic (exact) mass is 688 g/mol. The Balaban J connectivity index is 0.000000405. The maximum Gasteiger partial charge on any atom is 0.412 e. The van der Waals surface area contributed by atoms with E-state index < -0.39 is 46.9 Å². The van der Waals surface area contributed by atoms with E-state index in [0.717, 1.165) is 0 Å². The molecule has 0 aliphatic heterocycles. The van der Waals surface area contributed by atoms with E-state index in [1.54, 1.807) is 53.7 Å². The van der Waals surface area contributed by atoms with E-state index in [0.29, 0.717) is 23.0 Å². The number of hydrogen-bond acceptors (Lipinski definition) is 14. The molecule has 16 nitrogen and oxygen atoms in total. The first-order chi connectivity index (χ1) is 22.7. The topological polar surface area (TPSA) is 223 Å². The van der Waals surface area contributed by atoms with E-state index in [1.165, 1.54) is 51.7 Å². The molecule has 0 bridgehead atoms. The highest BCUT2D eigenvalue weighted by Crippen LogP contribution is 2.22. The van der Waals surface area contributed by atoms with Gasteiger partial charge in [0.1, 0.15) is 34.5 Å². The van der Waals surface area contributed by atoms with Gasteiger partial charge >= 0.3 is 35.7 Å². The summed E-state index contributed by atoms with van der Waals surface area (Å²) in [5, 5.41) is 14.9. The maximum absolute atomic E-state index is 11.8. The van der Waals surface area contributed by atoms with Crippen molar-refractivity contribution in [3.8, 4) is 5.75 Å². The van der Waals surface area contributed by atoms with Crippen molar-refractivity contribution >= 4 is 58.7 Å². The molecule has 0 aliphatic rings. The van der Waals surface area contributed by atoms with Crippen LogP contribution >= 0.6 is 0 Å². The first-order valence-corrected chi connectivity index (χ1v) is 14.3. The maximum atomic E-state index is 11.8. The first-order valence-electron chi connectivity index (χ1n) is 14.3.